The Morgan fingerprint density at radius 3 is 2.25 bits per heavy atom. The number of hydrogen-bond acceptors (Lipinski definition) is 3. The van der Waals surface area contributed by atoms with Crippen molar-refractivity contribution < 1.29 is 9.90 Å². The van der Waals surface area contributed by atoms with Crippen LogP contribution in [0.5, 0.6) is 5.75 Å². The third-order valence-corrected chi connectivity index (χ3v) is 2.32. The van der Waals surface area contributed by atoms with E-state index in [0.29, 0.717) is 6.42 Å². The van der Waals surface area contributed by atoms with Gasteiger partial charge in [0.25, 0.3) is 0 Å². The molecule has 3 N–H and O–H groups in total. The molecule has 0 saturated heterocycles. The number of phenols is 1. The number of hydrogen-bond donors (Lipinski definition) is 2. The van der Waals surface area contributed by atoms with Crippen LogP contribution in [0.3, 0.4) is 0 Å². The molecule has 1 aromatic carbocycles. The minimum atomic E-state index is -0.340. The number of aromatic hydroxyl groups is 1. The lowest BCUT2D eigenvalue weighted by molar-refractivity contribution is -0.122. The van der Waals surface area contributed by atoms with Gasteiger partial charge in [-0.3, -0.25) is 9.69 Å². The second-order valence-corrected chi connectivity index (χ2v) is 3.75. The van der Waals surface area contributed by atoms with Gasteiger partial charge in [0.2, 0.25) is 5.91 Å². The van der Waals surface area contributed by atoms with E-state index in [0.717, 1.165) is 5.56 Å². The van der Waals surface area contributed by atoms with E-state index in [1.54, 1.807) is 29.2 Å². The van der Waals surface area contributed by atoms with Gasteiger partial charge in [-0.05, 0) is 38.2 Å². The maximum Gasteiger partial charge on any atom is 0.235 e. The Balaban J connectivity index is 0.00000225. The van der Waals surface area contributed by atoms with Crippen LogP contribution in [0.2, 0.25) is 0 Å². The second-order valence-electron chi connectivity index (χ2n) is 3.75. The van der Waals surface area contributed by atoms with Crippen LogP contribution in [0.4, 0.5) is 0 Å². The number of phenolic OH excluding ortho intramolecular Hbond substituents is 1. The Kier molecular flexibility index (Phi) is 5.85. The van der Waals surface area contributed by atoms with Crippen LogP contribution in [0.15, 0.2) is 24.3 Å². The number of likely N-dealkylation sites (N-methyl/N-ethyl adjacent to an activating group) is 1. The largest absolute Gasteiger partial charge is 0.508 e. The average molecular weight is 245 g/mol. The van der Waals surface area contributed by atoms with Gasteiger partial charge in [0.15, 0.2) is 0 Å². The molecule has 5 heteroatoms. The van der Waals surface area contributed by atoms with Crippen molar-refractivity contribution >= 4 is 18.3 Å². The topological polar surface area (TPSA) is 66.6 Å². The van der Waals surface area contributed by atoms with Crippen LogP contribution in [-0.2, 0) is 11.2 Å². The fourth-order valence-corrected chi connectivity index (χ4v) is 1.39. The maximum absolute atomic E-state index is 11.1. The lowest BCUT2D eigenvalue weighted by atomic mass is 10.0. The minimum Gasteiger partial charge on any atom is -0.508 e. The zero-order chi connectivity index (χ0) is 11.4. The molecule has 0 aliphatic carbocycles. The van der Waals surface area contributed by atoms with Gasteiger partial charge < -0.3 is 10.8 Å². The highest BCUT2D eigenvalue weighted by atomic mass is 35.5. The molecule has 4 nitrogen and oxygen atoms in total. The number of halogens is 1. The lowest BCUT2D eigenvalue weighted by Gasteiger charge is -2.20. The summed E-state index contributed by atoms with van der Waals surface area (Å²) < 4.78 is 0. The van der Waals surface area contributed by atoms with Crippen molar-refractivity contribution in [3.8, 4) is 5.75 Å². The molecule has 0 fully saturated rings. The molecule has 1 amide bonds. The normalized spacial score (nSPS) is 11.9. The SMILES string of the molecule is CN(C)[C@H](Cc1ccc(O)cc1)C(N)=O.Cl. The summed E-state index contributed by atoms with van der Waals surface area (Å²) in [6.45, 7) is 0. The smallest absolute Gasteiger partial charge is 0.235 e. The van der Waals surface area contributed by atoms with Crippen LogP contribution in [0.25, 0.3) is 0 Å². The first kappa shape index (κ1) is 14.7. The van der Waals surface area contributed by atoms with Crippen molar-refractivity contribution in [2.45, 2.75) is 12.5 Å². The van der Waals surface area contributed by atoms with Gasteiger partial charge in [-0.2, -0.15) is 0 Å². The first-order valence-corrected chi connectivity index (χ1v) is 4.74. The molecule has 0 spiro atoms. The van der Waals surface area contributed by atoms with E-state index in [9.17, 15) is 4.79 Å². The highest BCUT2D eigenvalue weighted by Crippen LogP contribution is 2.12. The van der Waals surface area contributed by atoms with Crippen LogP contribution in [-0.4, -0.2) is 36.1 Å². The summed E-state index contributed by atoms with van der Waals surface area (Å²) in [5.41, 5.74) is 6.26. The minimum absolute atomic E-state index is 0. The quantitative estimate of drug-likeness (QED) is 0.822. The zero-order valence-electron chi connectivity index (χ0n) is 9.38. The lowest BCUT2D eigenvalue weighted by Crippen LogP contribution is -2.41. The fourth-order valence-electron chi connectivity index (χ4n) is 1.39. The molecule has 16 heavy (non-hydrogen) atoms. The monoisotopic (exact) mass is 244 g/mol. The van der Waals surface area contributed by atoms with E-state index in [1.165, 1.54) is 0 Å². The molecule has 1 atom stereocenters. The number of benzene rings is 1. The Morgan fingerprint density at radius 2 is 1.88 bits per heavy atom. The Hall–Kier alpha value is -1.26. The number of amides is 1. The van der Waals surface area contributed by atoms with Gasteiger partial charge in [-0.15, -0.1) is 12.4 Å². The van der Waals surface area contributed by atoms with Crippen molar-refractivity contribution in [1.29, 1.82) is 0 Å². The molecular formula is C11H17ClN2O2. The molecule has 0 unspecified atom stereocenters. The molecule has 90 valence electrons. The number of nitrogens with two attached hydrogens (primary N) is 1. The molecular weight excluding hydrogens is 228 g/mol. The highest BCUT2D eigenvalue weighted by molar-refractivity contribution is 5.85. The Labute approximate surface area is 101 Å². The van der Waals surface area contributed by atoms with E-state index in [2.05, 4.69) is 0 Å². The Morgan fingerprint density at radius 1 is 1.38 bits per heavy atom. The molecule has 0 aliphatic heterocycles. The van der Waals surface area contributed by atoms with Crippen molar-refractivity contribution in [1.82, 2.24) is 4.90 Å². The molecule has 0 aromatic heterocycles. The zero-order valence-corrected chi connectivity index (χ0v) is 10.2. The molecule has 1 rings (SSSR count). The summed E-state index contributed by atoms with van der Waals surface area (Å²) >= 11 is 0. The van der Waals surface area contributed by atoms with Crippen LogP contribution < -0.4 is 5.73 Å². The number of nitrogens with zero attached hydrogens (tertiary/aromatic N) is 1. The Bertz CT molecular complexity index is 338. The van der Waals surface area contributed by atoms with Gasteiger partial charge >= 0.3 is 0 Å². The highest BCUT2D eigenvalue weighted by Gasteiger charge is 2.17. The molecule has 0 radical (unpaired) electrons. The summed E-state index contributed by atoms with van der Waals surface area (Å²) in [6, 6.07) is 6.46. The predicted molar refractivity (Wildman–Crippen MR) is 65.7 cm³/mol. The second kappa shape index (κ2) is 6.35. The summed E-state index contributed by atoms with van der Waals surface area (Å²) in [5.74, 6) is -0.118. The van der Waals surface area contributed by atoms with E-state index < -0.39 is 0 Å². The van der Waals surface area contributed by atoms with Gasteiger partial charge in [-0.1, -0.05) is 12.1 Å². The predicted octanol–water partition coefficient (Wildman–Crippen LogP) is 0.772. The van der Waals surface area contributed by atoms with Gasteiger partial charge in [0.05, 0.1) is 6.04 Å². The van der Waals surface area contributed by atoms with E-state index in [4.69, 9.17) is 10.8 Å². The first-order valence-electron chi connectivity index (χ1n) is 4.74. The average Bonchev–Trinajstić information content (AvgIpc) is 2.15. The summed E-state index contributed by atoms with van der Waals surface area (Å²) in [4.78, 5) is 12.9. The molecule has 0 heterocycles. The number of carbonyl (C=O) groups excluding carboxylic acids is 1. The number of carbonyl (C=O) groups is 1. The van der Waals surface area contributed by atoms with Gasteiger partial charge in [0, 0.05) is 0 Å². The molecule has 0 bridgehead atoms. The fraction of sp³-hybridized carbons (Fsp3) is 0.364. The maximum atomic E-state index is 11.1. The summed E-state index contributed by atoms with van der Waals surface area (Å²) in [7, 11) is 3.63. The van der Waals surface area contributed by atoms with Crippen LogP contribution in [0.1, 0.15) is 5.56 Å². The van der Waals surface area contributed by atoms with E-state index >= 15 is 0 Å². The van der Waals surface area contributed by atoms with Gasteiger partial charge in [-0.25, -0.2) is 0 Å². The molecule has 0 aliphatic rings. The number of rotatable bonds is 4. The van der Waals surface area contributed by atoms with Crippen molar-refractivity contribution in [3.05, 3.63) is 29.8 Å². The third kappa shape index (κ3) is 4.08. The van der Waals surface area contributed by atoms with Crippen molar-refractivity contribution in [3.63, 3.8) is 0 Å². The summed E-state index contributed by atoms with van der Waals surface area (Å²) in [5, 5.41) is 9.11. The number of primary amides is 1. The van der Waals surface area contributed by atoms with Crippen molar-refractivity contribution in [2.75, 3.05) is 14.1 Å². The summed E-state index contributed by atoms with van der Waals surface area (Å²) in [6.07, 6.45) is 0.558. The standard InChI is InChI=1S/C11H16N2O2.ClH/c1-13(2)10(11(12)15)7-8-3-5-9(14)6-4-8;/h3-6,10,14H,7H2,1-2H3,(H2,12,15);1H/t10-;/m1./s1. The van der Waals surface area contributed by atoms with E-state index in [-0.39, 0.29) is 30.1 Å². The van der Waals surface area contributed by atoms with Crippen LogP contribution >= 0.6 is 12.4 Å². The first-order chi connectivity index (χ1) is 7.00. The van der Waals surface area contributed by atoms with E-state index in [1.807, 2.05) is 14.1 Å². The van der Waals surface area contributed by atoms with Gasteiger partial charge in [0.1, 0.15) is 5.75 Å². The van der Waals surface area contributed by atoms with Crippen molar-refractivity contribution in [2.24, 2.45) is 5.73 Å². The third-order valence-electron chi connectivity index (χ3n) is 2.32. The molecule has 0 saturated carbocycles. The van der Waals surface area contributed by atoms with Crippen LogP contribution in [0, 0.1) is 0 Å². The molecule has 1 aromatic rings.